The van der Waals surface area contributed by atoms with Gasteiger partial charge in [-0.2, -0.15) is 0 Å². The van der Waals surface area contributed by atoms with Gasteiger partial charge in [0.25, 0.3) is 11.5 Å². The lowest BCUT2D eigenvalue weighted by Gasteiger charge is -2.03. The summed E-state index contributed by atoms with van der Waals surface area (Å²) in [6.07, 6.45) is 3.55. The molecule has 0 unspecified atom stereocenters. The van der Waals surface area contributed by atoms with Gasteiger partial charge in [-0.15, -0.1) is 0 Å². The van der Waals surface area contributed by atoms with Crippen molar-refractivity contribution in [1.82, 2.24) is 0 Å². The Labute approximate surface area is 99.1 Å². The number of anilines is 1. The molecule has 16 heavy (non-hydrogen) atoms. The lowest BCUT2D eigenvalue weighted by molar-refractivity contribution is -0.460. The van der Waals surface area contributed by atoms with Gasteiger partial charge < -0.3 is 5.32 Å². The summed E-state index contributed by atoms with van der Waals surface area (Å²) in [6.45, 7) is 0. The molecule has 0 bridgehead atoms. The molecular formula is C11H15FN3S+. The Bertz CT molecular complexity index is 411. The van der Waals surface area contributed by atoms with E-state index in [2.05, 4.69) is 10.3 Å². The molecule has 0 saturated heterocycles. The molecule has 5 heteroatoms. The third-order valence-corrected chi connectivity index (χ3v) is 2.31. The zero-order valence-corrected chi connectivity index (χ0v) is 10.4. The molecule has 0 aromatic heterocycles. The predicted octanol–water partition coefficient (Wildman–Crippen LogP) is 2.26. The Morgan fingerprint density at radius 3 is 2.69 bits per heavy atom. The Kier molecular flexibility index (Phi) is 4.98. The van der Waals surface area contributed by atoms with Gasteiger partial charge in [0.15, 0.2) is 0 Å². The molecule has 0 atom stereocenters. The third kappa shape index (κ3) is 4.02. The molecule has 0 radical (unpaired) electrons. The van der Waals surface area contributed by atoms with Crippen LogP contribution in [-0.4, -0.2) is 36.4 Å². The van der Waals surface area contributed by atoms with Gasteiger partial charge in [-0.05, 0) is 23.4 Å². The lowest BCUT2D eigenvalue weighted by atomic mass is 10.3. The zero-order chi connectivity index (χ0) is 12.0. The summed E-state index contributed by atoms with van der Waals surface area (Å²) in [6, 6.07) is 6.52. The van der Waals surface area contributed by atoms with Crippen molar-refractivity contribution in [3.05, 3.63) is 30.1 Å². The molecule has 1 aromatic carbocycles. The van der Waals surface area contributed by atoms with Crippen LogP contribution in [0.3, 0.4) is 0 Å². The highest BCUT2D eigenvalue weighted by Gasteiger charge is 2.06. The number of hydrogen-bond donors (Lipinski definition) is 1. The predicted molar refractivity (Wildman–Crippen MR) is 69.1 cm³/mol. The summed E-state index contributed by atoms with van der Waals surface area (Å²) in [5.41, 5.74) is 0.433. The molecule has 0 heterocycles. The van der Waals surface area contributed by atoms with Crippen molar-refractivity contribution in [3.63, 3.8) is 0 Å². The second kappa shape index (κ2) is 6.27. The number of nitrogens with zero attached hydrogens (tertiary/aromatic N) is 2. The number of aliphatic imine (C=N–C) groups is 1. The summed E-state index contributed by atoms with van der Waals surface area (Å²) < 4.78 is 15.2. The van der Waals surface area contributed by atoms with E-state index in [9.17, 15) is 4.39 Å². The molecule has 1 aromatic rings. The van der Waals surface area contributed by atoms with Gasteiger partial charge in [-0.3, -0.25) is 4.58 Å². The van der Waals surface area contributed by atoms with Crippen LogP contribution in [0.15, 0.2) is 29.3 Å². The minimum atomic E-state index is -0.283. The molecule has 0 saturated carbocycles. The van der Waals surface area contributed by atoms with Crippen LogP contribution in [0.2, 0.25) is 0 Å². The summed E-state index contributed by atoms with van der Waals surface area (Å²) in [5, 5.41) is 3.58. The first kappa shape index (κ1) is 12.7. The SMILES string of the molecule is CSC(=NC=[N+](C)C)Nc1ccccc1F. The number of amidine groups is 1. The van der Waals surface area contributed by atoms with E-state index in [1.54, 1.807) is 24.5 Å². The van der Waals surface area contributed by atoms with Crippen molar-refractivity contribution in [2.24, 2.45) is 4.99 Å². The normalized spacial score (nSPS) is 11.1. The first-order valence-corrected chi connectivity index (χ1v) is 5.99. The average molecular weight is 240 g/mol. The van der Waals surface area contributed by atoms with Crippen molar-refractivity contribution in [2.45, 2.75) is 0 Å². The lowest BCUT2D eigenvalue weighted by Crippen LogP contribution is -2.10. The van der Waals surface area contributed by atoms with Crippen LogP contribution in [0, 0.1) is 5.82 Å². The molecule has 0 fully saturated rings. The standard InChI is InChI=1S/C11H14FN3S/c1-15(2)8-13-11(16-3)14-10-7-5-4-6-9(10)12/h4-8H,1-3H3/p+1. The first-order valence-electron chi connectivity index (χ1n) is 4.76. The Balaban J connectivity index is 2.82. The second-order valence-corrected chi connectivity index (χ2v) is 4.12. The van der Waals surface area contributed by atoms with Crippen LogP contribution >= 0.6 is 11.8 Å². The fourth-order valence-corrected chi connectivity index (χ4v) is 1.35. The van der Waals surface area contributed by atoms with Crippen LogP contribution in [-0.2, 0) is 0 Å². The first-order chi connectivity index (χ1) is 7.63. The highest BCUT2D eigenvalue weighted by Crippen LogP contribution is 2.14. The molecule has 86 valence electrons. The molecule has 0 aliphatic heterocycles. The van der Waals surface area contributed by atoms with E-state index in [0.29, 0.717) is 10.9 Å². The van der Waals surface area contributed by atoms with Crippen molar-refractivity contribution < 1.29 is 8.97 Å². The largest absolute Gasteiger partial charge is 0.311 e. The highest BCUT2D eigenvalue weighted by atomic mass is 32.2. The van der Waals surface area contributed by atoms with Gasteiger partial charge in [0.05, 0.1) is 19.8 Å². The van der Waals surface area contributed by atoms with Crippen molar-refractivity contribution in [3.8, 4) is 0 Å². The van der Waals surface area contributed by atoms with Crippen LogP contribution < -0.4 is 5.32 Å². The molecule has 1 N–H and O–H groups in total. The van der Waals surface area contributed by atoms with E-state index in [1.165, 1.54) is 17.8 Å². The van der Waals surface area contributed by atoms with Crippen molar-refractivity contribution >= 4 is 29.0 Å². The maximum Gasteiger partial charge on any atom is 0.284 e. The average Bonchev–Trinajstić information content (AvgIpc) is 2.26. The van der Waals surface area contributed by atoms with Gasteiger partial charge in [-0.1, -0.05) is 23.9 Å². The molecule has 3 nitrogen and oxygen atoms in total. The second-order valence-electron chi connectivity index (χ2n) is 3.32. The fourth-order valence-electron chi connectivity index (χ4n) is 0.982. The molecule has 1 rings (SSSR count). The van der Waals surface area contributed by atoms with E-state index in [4.69, 9.17) is 0 Å². The van der Waals surface area contributed by atoms with Gasteiger partial charge in [-0.25, -0.2) is 4.39 Å². The van der Waals surface area contributed by atoms with Crippen LogP contribution in [0.4, 0.5) is 10.1 Å². The van der Waals surface area contributed by atoms with Gasteiger partial charge in [0.2, 0.25) is 0 Å². The number of halogens is 1. The van der Waals surface area contributed by atoms with E-state index >= 15 is 0 Å². The number of benzene rings is 1. The maximum absolute atomic E-state index is 13.3. The van der Waals surface area contributed by atoms with Crippen LogP contribution in [0.5, 0.6) is 0 Å². The Morgan fingerprint density at radius 1 is 1.44 bits per heavy atom. The summed E-state index contributed by atoms with van der Waals surface area (Å²) in [5.74, 6) is -0.283. The van der Waals surface area contributed by atoms with E-state index in [1.807, 2.05) is 24.9 Å². The number of thioether (sulfide) groups is 1. The molecule has 0 spiro atoms. The zero-order valence-electron chi connectivity index (χ0n) is 9.57. The van der Waals surface area contributed by atoms with Crippen molar-refractivity contribution in [1.29, 1.82) is 0 Å². The molecule has 0 amide bonds. The van der Waals surface area contributed by atoms with Crippen molar-refractivity contribution in [2.75, 3.05) is 25.7 Å². The molecule has 0 aliphatic rings. The van der Waals surface area contributed by atoms with Gasteiger partial charge in [0, 0.05) is 0 Å². The third-order valence-electron chi connectivity index (χ3n) is 1.71. The number of para-hydroxylation sites is 1. The van der Waals surface area contributed by atoms with Gasteiger partial charge >= 0.3 is 0 Å². The molecule has 0 aliphatic carbocycles. The number of hydrogen-bond acceptors (Lipinski definition) is 1. The summed E-state index contributed by atoms with van der Waals surface area (Å²) >= 11 is 1.43. The Morgan fingerprint density at radius 2 is 2.12 bits per heavy atom. The van der Waals surface area contributed by atoms with E-state index < -0.39 is 0 Å². The number of rotatable bonds is 2. The minimum Gasteiger partial charge on any atom is -0.311 e. The summed E-state index contributed by atoms with van der Waals surface area (Å²) in [7, 11) is 3.76. The Hall–Kier alpha value is -1.36. The monoisotopic (exact) mass is 240 g/mol. The number of nitrogens with one attached hydrogen (secondary N) is 1. The quantitative estimate of drug-likeness (QED) is 0.488. The van der Waals surface area contributed by atoms with Crippen LogP contribution in [0.1, 0.15) is 0 Å². The maximum atomic E-state index is 13.3. The molecular weight excluding hydrogens is 225 g/mol. The smallest absolute Gasteiger partial charge is 0.284 e. The fraction of sp³-hybridized carbons (Fsp3) is 0.273. The topological polar surface area (TPSA) is 27.4 Å². The van der Waals surface area contributed by atoms with Gasteiger partial charge in [0.1, 0.15) is 5.82 Å². The highest BCUT2D eigenvalue weighted by molar-refractivity contribution is 8.13. The van der Waals surface area contributed by atoms with Crippen LogP contribution in [0.25, 0.3) is 0 Å². The summed E-state index contributed by atoms with van der Waals surface area (Å²) in [4.78, 5) is 4.18. The van der Waals surface area contributed by atoms with E-state index in [-0.39, 0.29) is 5.82 Å². The van der Waals surface area contributed by atoms with E-state index in [0.717, 1.165) is 0 Å². The minimum absolute atomic E-state index is 0.283.